The van der Waals surface area contributed by atoms with Gasteiger partial charge in [-0.3, -0.25) is 0 Å². The first-order valence-corrected chi connectivity index (χ1v) is 28.4. The molecule has 11 aromatic rings. The highest BCUT2D eigenvalue weighted by atomic mass is 15.2. The van der Waals surface area contributed by atoms with Crippen molar-refractivity contribution < 1.29 is 0 Å². The molecule has 0 saturated heterocycles. The van der Waals surface area contributed by atoms with Gasteiger partial charge in [0.2, 0.25) is 0 Å². The molecular formula is C72H65BN2. The monoisotopic (exact) mass is 969 g/mol. The van der Waals surface area contributed by atoms with Crippen molar-refractivity contribution in [1.82, 2.24) is 0 Å². The lowest BCUT2D eigenvalue weighted by atomic mass is 9.32. The quantitative estimate of drug-likeness (QED) is 0.121. The van der Waals surface area contributed by atoms with Crippen molar-refractivity contribution in [3.63, 3.8) is 0 Å². The van der Waals surface area contributed by atoms with Crippen molar-refractivity contribution in [1.29, 1.82) is 0 Å². The third-order valence-corrected chi connectivity index (χ3v) is 19.3. The predicted octanol–water partition coefficient (Wildman–Crippen LogP) is 17.8. The fourth-order valence-electron chi connectivity index (χ4n) is 15.1. The summed E-state index contributed by atoms with van der Waals surface area (Å²) in [5.41, 5.74) is 21.8. The molecule has 2 aliphatic carbocycles. The minimum atomic E-state index is -0.0628. The fourth-order valence-corrected chi connectivity index (χ4v) is 15.1. The van der Waals surface area contributed by atoms with Crippen molar-refractivity contribution in [2.24, 2.45) is 0 Å². The van der Waals surface area contributed by atoms with Gasteiger partial charge in [0.15, 0.2) is 0 Å². The second kappa shape index (κ2) is 16.6. The van der Waals surface area contributed by atoms with E-state index in [2.05, 4.69) is 215 Å². The Hall–Kier alpha value is -7.36. The van der Waals surface area contributed by atoms with Crippen LogP contribution in [0, 0.1) is 0 Å². The van der Waals surface area contributed by atoms with Gasteiger partial charge in [-0.05, 0) is 226 Å². The van der Waals surface area contributed by atoms with Gasteiger partial charge in [0.05, 0.1) is 0 Å². The maximum Gasteiger partial charge on any atom is 0.252 e. The molecule has 3 heteroatoms. The van der Waals surface area contributed by atoms with E-state index in [1.807, 2.05) is 0 Å². The molecule has 0 amide bonds. The summed E-state index contributed by atoms with van der Waals surface area (Å²) in [6, 6.07) is 64.0. The largest absolute Gasteiger partial charge is 0.311 e. The number of nitrogens with zero attached hydrogens (tertiary/aromatic N) is 2. The van der Waals surface area contributed by atoms with E-state index >= 15 is 0 Å². The molecule has 2 heterocycles. The zero-order chi connectivity index (χ0) is 50.5. The molecule has 0 bridgehead atoms. The van der Waals surface area contributed by atoms with Gasteiger partial charge in [-0.15, -0.1) is 0 Å². The van der Waals surface area contributed by atoms with E-state index in [0.717, 1.165) is 38.5 Å². The first kappa shape index (κ1) is 45.1. The molecule has 0 unspecified atom stereocenters. The Balaban J connectivity index is 1.09. The van der Waals surface area contributed by atoms with Crippen LogP contribution in [0.4, 0.5) is 34.1 Å². The van der Waals surface area contributed by atoms with Crippen LogP contribution in [0.3, 0.4) is 0 Å². The van der Waals surface area contributed by atoms with Crippen LogP contribution in [0.2, 0.25) is 0 Å². The lowest BCUT2D eigenvalue weighted by molar-refractivity contribution is 0.496. The Morgan fingerprint density at radius 3 is 1.07 bits per heavy atom. The summed E-state index contributed by atoms with van der Waals surface area (Å²) in [6.45, 7) is 15.1. The summed E-state index contributed by atoms with van der Waals surface area (Å²) in [5, 5.41) is 15.7. The van der Waals surface area contributed by atoms with Crippen LogP contribution in [0.1, 0.15) is 113 Å². The first-order chi connectivity index (χ1) is 36.6. The highest BCUT2D eigenvalue weighted by Crippen LogP contribution is 2.54. The number of rotatable bonds is 6. The number of benzene rings is 11. The molecule has 0 N–H and O–H groups in total. The van der Waals surface area contributed by atoms with E-state index in [9.17, 15) is 0 Å². The van der Waals surface area contributed by atoms with Gasteiger partial charge in [-0.2, -0.15) is 0 Å². The number of aryl methyl sites for hydroxylation is 2. The van der Waals surface area contributed by atoms with Gasteiger partial charge in [-0.1, -0.05) is 169 Å². The lowest BCUT2D eigenvalue weighted by Gasteiger charge is -2.49. The summed E-state index contributed by atoms with van der Waals surface area (Å²) in [4.78, 5) is 5.54. The predicted molar refractivity (Wildman–Crippen MR) is 325 cm³/mol. The summed E-state index contributed by atoms with van der Waals surface area (Å²) < 4.78 is 0. The third kappa shape index (κ3) is 6.40. The molecule has 11 aromatic carbocycles. The average molecular weight is 969 g/mol. The second-order valence-corrected chi connectivity index (χ2v) is 24.0. The van der Waals surface area contributed by atoms with Crippen molar-refractivity contribution in [2.75, 3.05) is 9.80 Å². The number of hydrogen-bond acceptors (Lipinski definition) is 2. The van der Waals surface area contributed by atoms with E-state index in [1.54, 1.807) is 33.4 Å². The van der Waals surface area contributed by atoms with Gasteiger partial charge in [-0.25, -0.2) is 0 Å². The van der Waals surface area contributed by atoms with Crippen LogP contribution < -0.4 is 26.2 Å². The molecule has 0 saturated carbocycles. The average Bonchev–Trinajstić information content (AvgIpc) is 3.60. The second-order valence-electron chi connectivity index (χ2n) is 24.0. The lowest BCUT2D eigenvalue weighted by Crippen LogP contribution is -2.62. The smallest absolute Gasteiger partial charge is 0.252 e. The first-order valence-electron chi connectivity index (χ1n) is 28.4. The minimum Gasteiger partial charge on any atom is -0.311 e. The number of anilines is 6. The van der Waals surface area contributed by atoms with Crippen molar-refractivity contribution in [3.05, 3.63) is 197 Å². The molecule has 4 aliphatic rings. The molecule has 0 spiro atoms. The van der Waals surface area contributed by atoms with Crippen molar-refractivity contribution >= 4 is 122 Å². The van der Waals surface area contributed by atoms with Crippen molar-refractivity contribution in [3.8, 4) is 0 Å². The van der Waals surface area contributed by atoms with Crippen LogP contribution in [-0.4, -0.2) is 6.71 Å². The molecule has 2 aliphatic heterocycles. The van der Waals surface area contributed by atoms with Gasteiger partial charge in [0.1, 0.15) is 0 Å². The van der Waals surface area contributed by atoms with Crippen LogP contribution in [0.15, 0.2) is 164 Å². The normalized spacial score (nSPS) is 15.2. The highest BCUT2D eigenvalue weighted by Gasteiger charge is 2.48. The number of hydrogen-bond donors (Lipinski definition) is 0. The Bertz CT molecular complexity index is 3910. The highest BCUT2D eigenvalue weighted by molar-refractivity contribution is 7.00. The summed E-state index contributed by atoms with van der Waals surface area (Å²) in [7, 11) is 0. The molecule has 15 rings (SSSR count). The Labute approximate surface area is 443 Å². The summed E-state index contributed by atoms with van der Waals surface area (Å²) in [5.74, 6) is 0. The van der Waals surface area contributed by atoms with Crippen LogP contribution >= 0.6 is 0 Å². The van der Waals surface area contributed by atoms with E-state index in [4.69, 9.17) is 0 Å². The molecule has 0 fully saturated rings. The third-order valence-electron chi connectivity index (χ3n) is 19.3. The Morgan fingerprint density at radius 1 is 0.373 bits per heavy atom. The van der Waals surface area contributed by atoms with E-state index in [-0.39, 0.29) is 17.5 Å². The topological polar surface area (TPSA) is 6.48 Å². The van der Waals surface area contributed by atoms with E-state index in [0.29, 0.717) is 0 Å². The molecule has 75 heavy (non-hydrogen) atoms. The molecular weight excluding hydrogens is 904 g/mol. The maximum absolute atomic E-state index is 2.77. The SMILES string of the molecule is CCC(C)(C)c1c2c(cc3c1N(c1ccc4c5ccccc5c5ccccc5c4c1)c1cccc4c1B3c1cc3c(c(C(C)(C)CC)c1N4c1ccc4c5ccccc5c5ccccc5c4c1)CCCC3)CCCC2. The summed E-state index contributed by atoms with van der Waals surface area (Å²) in [6.07, 6.45) is 11.7. The van der Waals surface area contributed by atoms with Crippen molar-refractivity contribution in [2.45, 2.75) is 117 Å². The molecule has 0 aromatic heterocycles. The molecule has 366 valence electrons. The molecule has 0 atom stereocenters. The van der Waals surface area contributed by atoms with Crippen LogP contribution in [0.5, 0.6) is 0 Å². The zero-order valence-corrected chi connectivity index (χ0v) is 44.6. The van der Waals surface area contributed by atoms with Gasteiger partial charge in [0, 0.05) is 34.1 Å². The Morgan fingerprint density at radius 2 is 0.707 bits per heavy atom. The number of fused-ring (bicyclic) bond motifs is 18. The van der Waals surface area contributed by atoms with Crippen LogP contribution in [0.25, 0.3) is 64.6 Å². The van der Waals surface area contributed by atoms with Gasteiger partial charge in [0.25, 0.3) is 6.71 Å². The van der Waals surface area contributed by atoms with Gasteiger partial charge < -0.3 is 9.80 Å². The summed E-state index contributed by atoms with van der Waals surface area (Å²) >= 11 is 0. The van der Waals surface area contributed by atoms with Crippen LogP contribution in [-0.2, 0) is 36.5 Å². The molecule has 2 nitrogen and oxygen atoms in total. The minimum absolute atomic E-state index is 0.0569. The maximum atomic E-state index is 2.77. The molecule has 0 radical (unpaired) electrons. The van der Waals surface area contributed by atoms with E-state index in [1.165, 1.54) is 141 Å². The fraction of sp³-hybridized carbons (Fsp3) is 0.250. The standard InChI is InChI=1S/C72H65BN2/c1-7-71(3,4)66-48-24-11-9-22-44(48)40-62-69(66)74(46-36-38-58-54-30-15-13-26-50(54)52-28-17-19-32-56(52)60(58)42-46)64-34-21-35-65-68(64)73(62)63-41-45-23-10-12-25-49(45)67(72(5,6)8-2)70(63)75(65)47-37-39-59-55-31-16-14-27-51(55)53-29-18-20-33-57(53)61(59)43-47/h13-21,26-43H,7-12,22-25H2,1-6H3. The van der Waals surface area contributed by atoms with Gasteiger partial charge >= 0.3 is 0 Å². The zero-order valence-electron chi connectivity index (χ0n) is 44.6. The van der Waals surface area contributed by atoms with E-state index < -0.39 is 0 Å². The Kier molecular flexibility index (Phi) is 9.96.